The topological polar surface area (TPSA) is 58.6 Å². The highest BCUT2D eigenvalue weighted by atomic mass is 79.9. The Morgan fingerprint density at radius 3 is 2.59 bits per heavy atom. The molecule has 2 aromatic carbocycles. The van der Waals surface area contributed by atoms with Crippen LogP contribution in [0.2, 0.25) is 0 Å². The van der Waals surface area contributed by atoms with Gasteiger partial charge in [0.1, 0.15) is 11.5 Å². The molecule has 0 aliphatic rings. The van der Waals surface area contributed by atoms with Crippen molar-refractivity contribution < 1.29 is 14.6 Å². The molecule has 0 spiro atoms. The van der Waals surface area contributed by atoms with Crippen molar-refractivity contribution in [3.05, 3.63) is 50.9 Å². The first-order valence-electron chi connectivity index (χ1n) is 6.59. The molecule has 0 saturated heterocycles. The standard InChI is InChI=1S/C16H15Br2NO3/c1-9-7-12(20)4-5-14(9)19-16(21)10(2)22-15-6-3-11(17)8-13(15)18/h3-8,10,20H,1-2H3,(H,19,21)/t10-/m1/s1. The van der Waals surface area contributed by atoms with Gasteiger partial charge in [0.05, 0.1) is 4.47 Å². The van der Waals surface area contributed by atoms with E-state index in [1.807, 2.05) is 19.1 Å². The monoisotopic (exact) mass is 427 g/mol. The third kappa shape index (κ3) is 4.24. The first-order chi connectivity index (χ1) is 10.4. The van der Waals surface area contributed by atoms with Gasteiger partial charge in [0.2, 0.25) is 0 Å². The van der Waals surface area contributed by atoms with E-state index in [0.717, 1.165) is 14.5 Å². The Kier molecular flexibility index (Phi) is 5.47. The normalized spacial score (nSPS) is 11.8. The molecule has 0 aliphatic heterocycles. The lowest BCUT2D eigenvalue weighted by molar-refractivity contribution is -0.122. The minimum absolute atomic E-state index is 0.165. The molecule has 4 nitrogen and oxygen atoms in total. The number of carbonyl (C=O) groups is 1. The van der Waals surface area contributed by atoms with Crippen molar-refractivity contribution in [3.63, 3.8) is 0 Å². The summed E-state index contributed by atoms with van der Waals surface area (Å²) in [6.45, 7) is 3.49. The summed E-state index contributed by atoms with van der Waals surface area (Å²) in [6, 6.07) is 10.2. The Labute approximate surface area is 145 Å². The Morgan fingerprint density at radius 2 is 1.95 bits per heavy atom. The Hall–Kier alpha value is -1.53. The molecule has 0 heterocycles. The highest BCUT2D eigenvalue weighted by molar-refractivity contribution is 9.11. The summed E-state index contributed by atoms with van der Waals surface area (Å²) in [4.78, 5) is 12.2. The van der Waals surface area contributed by atoms with Crippen LogP contribution in [0, 0.1) is 6.92 Å². The molecule has 2 N–H and O–H groups in total. The summed E-state index contributed by atoms with van der Waals surface area (Å²) >= 11 is 6.76. The number of phenolic OH excluding ortho intramolecular Hbond substituents is 1. The van der Waals surface area contributed by atoms with Crippen molar-refractivity contribution in [1.82, 2.24) is 0 Å². The fourth-order valence-electron chi connectivity index (χ4n) is 1.84. The summed E-state index contributed by atoms with van der Waals surface area (Å²) in [7, 11) is 0. The van der Waals surface area contributed by atoms with Gasteiger partial charge in [0, 0.05) is 10.2 Å². The van der Waals surface area contributed by atoms with Gasteiger partial charge in [0.25, 0.3) is 5.91 Å². The lowest BCUT2D eigenvalue weighted by Crippen LogP contribution is -2.30. The van der Waals surface area contributed by atoms with Crippen molar-refractivity contribution in [2.45, 2.75) is 20.0 Å². The molecule has 0 unspecified atom stereocenters. The number of rotatable bonds is 4. The lowest BCUT2D eigenvalue weighted by atomic mass is 10.2. The summed E-state index contributed by atoms with van der Waals surface area (Å²) < 4.78 is 7.35. The second-order valence-electron chi connectivity index (χ2n) is 4.82. The fourth-order valence-corrected chi connectivity index (χ4v) is 2.98. The summed E-state index contributed by atoms with van der Waals surface area (Å²) in [5.74, 6) is 0.496. The number of benzene rings is 2. The number of phenols is 1. The molecule has 0 saturated carbocycles. The van der Waals surface area contributed by atoms with E-state index in [-0.39, 0.29) is 11.7 Å². The number of halogens is 2. The molecular weight excluding hydrogens is 414 g/mol. The zero-order valence-corrected chi connectivity index (χ0v) is 15.2. The van der Waals surface area contributed by atoms with Crippen LogP contribution in [0.15, 0.2) is 45.3 Å². The zero-order valence-electron chi connectivity index (χ0n) is 12.1. The third-order valence-electron chi connectivity index (χ3n) is 3.03. The van der Waals surface area contributed by atoms with Crippen molar-refractivity contribution in [3.8, 4) is 11.5 Å². The second-order valence-corrected chi connectivity index (χ2v) is 6.59. The quantitative estimate of drug-likeness (QED) is 0.697. The molecule has 2 aromatic rings. The third-order valence-corrected chi connectivity index (χ3v) is 4.15. The molecule has 0 fully saturated rings. The van der Waals surface area contributed by atoms with Gasteiger partial charge in [-0.15, -0.1) is 0 Å². The van der Waals surface area contributed by atoms with Gasteiger partial charge in [-0.1, -0.05) is 15.9 Å². The first kappa shape index (κ1) is 16.8. The van der Waals surface area contributed by atoms with Crippen LogP contribution in [0.3, 0.4) is 0 Å². The number of amides is 1. The van der Waals surface area contributed by atoms with Crippen molar-refractivity contribution in [2.24, 2.45) is 0 Å². The van der Waals surface area contributed by atoms with E-state index in [1.165, 1.54) is 6.07 Å². The van der Waals surface area contributed by atoms with Crippen molar-refractivity contribution in [1.29, 1.82) is 0 Å². The smallest absolute Gasteiger partial charge is 0.265 e. The predicted molar refractivity (Wildman–Crippen MR) is 93.4 cm³/mol. The van der Waals surface area contributed by atoms with Gasteiger partial charge in [-0.25, -0.2) is 0 Å². The van der Waals surface area contributed by atoms with E-state index in [4.69, 9.17) is 4.74 Å². The molecule has 1 amide bonds. The largest absolute Gasteiger partial charge is 0.508 e. The molecule has 0 radical (unpaired) electrons. The number of hydrogen-bond donors (Lipinski definition) is 2. The van der Waals surface area contributed by atoms with E-state index >= 15 is 0 Å². The Balaban J connectivity index is 2.05. The Morgan fingerprint density at radius 1 is 1.23 bits per heavy atom. The molecule has 6 heteroatoms. The number of aromatic hydroxyl groups is 1. The fraction of sp³-hybridized carbons (Fsp3) is 0.188. The van der Waals surface area contributed by atoms with Gasteiger partial charge in [0.15, 0.2) is 6.10 Å². The predicted octanol–water partition coefficient (Wildman–Crippen LogP) is 4.63. The maximum absolute atomic E-state index is 12.2. The average molecular weight is 429 g/mol. The van der Waals surface area contributed by atoms with Crippen molar-refractivity contribution >= 4 is 43.5 Å². The number of nitrogens with one attached hydrogen (secondary N) is 1. The van der Waals surface area contributed by atoms with E-state index in [0.29, 0.717) is 11.4 Å². The number of aryl methyl sites for hydroxylation is 1. The van der Waals surface area contributed by atoms with Gasteiger partial charge < -0.3 is 15.2 Å². The molecule has 0 aromatic heterocycles. The van der Waals surface area contributed by atoms with Crippen LogP contribution in [0.25, 0.3) is 0 Å². The number of carbonyl (C=O) groups excluding carboxylic acids is 1. The average Bonchev–Trinajstić information content (AvgIpc) is 2.44. The van der Waals surface area contributed by atoms with E-state index in [1.54, 1.807) is 25.1 Å². The molecule has 2 rings (SSSR count). The molecule has 0 bridgehead atoms. The van der Waals surface area contributed by atoms with E-state index in [2.05, 4.69) is 37.2 Å². The second kappa shape index (κ2) is 7.15. The van der Waals surface area contributed by atoms with Crippen LogP contribution >= 0.6 is 31.9 Å². The van der Waals surface area contributed by atoms with Crippen LogP contribution in [-0.4, -0.2) is 17.1 Å². The van der Waals surface area contributed by atoms with Crippen molar-refractivity contribution in [2.75, 3.05) is 5.32 Å². The summed E-state index contributed by atoms with van der Waals surface area (Å²) in [5, 5.41) is 12.2. The summed E-state index contributed by atoms with van der Waals surface area (Å²) in [5.41, 5.74) is 1.43. The zero-order chi connectivity index (χ0) is 16.3. The molecule has 0 aliphatic carbocycles. The van der Waals surface area contributed by atoms with Gasteiger partial charge in [-0.2, -0.15) is 0 Å². The van der Waals surface area contributed by atoms with Crippen LogP contribution < -0.4 is 10.1 Å². The minimum atomic E-state index is -0.661. The SMILES string of the molecule is Cc1cc(O)ccc1NC(=O)[C@@H](C)Oc1ccc(Br)cc1Br. The van der Waals surface area contributed by atoms with Crippen LogP contribution in [0.5, 0.6) is 11.5 Å². The number of hydrogen-bond acceptors (Lipinski definition) is 3. The number of anilines is 1. The van der Waals surface area contributed by atoms with Gasteiger partial charge >= 0.3 is 0 Å². The highest BCUT2D eigenvalue weighted by Gasteiger charge is 2.17. The highest BCUT2D eigenvalue weighted by Crippen LogP contribution is 2.29. The van der Waals surface area contributed by atoms with Crippen LogP contribution in [0.1, 0.15) is 12.5 Å². The molecular formula is C16H15Br2NO3. The maximum Gasteiger partial charge on any atom is 0.265 e. The van der Waals surface area contributed by atoms with E-state index in [9.17, 15) is 9.90 Å². The molecule has 1 atom stereocenters. The summed E-state index contributed by atoms with van der Waals surface area (Å²) in [6.07, 6.45) is -0.661. The van der Waals surface area contributed by atoms with E-state index < -0.39 is 6.10 Å². The molecule has 116 valence electrons. The van der Waals surface area contributed by atoms with Gasteiger partial charge in [-0.3, -0.25) is 4.79 Å². The minimum Gasteiger partial charge on any atom is -0.508 e. The van der Waals surface area contributed by atoms with Crippen LogP contribution in [0.4, 0.5) is 5.69 Å². The Bertz CT molecular complexity index is 704. The number of ether oxygens (including phenoxy) is 1. The van der Waals surface area contributed by atoms with Crippen LogP contribution in [-0.2, 0) is 4.79 Å². The molecule has 22 heavy (non-hydrogen) atoms. The maximum atomic E-state index is 12.2. The first-order valence-corrected chi connectivity index (χ1v) is 8.17. The lowest BCUT2D eigenvalue weighted by Gasteiger charge is -2.16. The van der Waals surface area contributed by atoms with Gasteiger partial charge in [-0.05, 0) is 71.7 Å².